The highest BCUT2D eigenvalue weighted by Crippen LogP contribution is 2.47. The molecule has 0 saturated heterocycles. The molecular weight excluding hydrogens is 340 g/mol. The fourth-order valence-corrected chi connectivity index (χ4v) is 3.28. The Hall–Kier alpha value is -1.79. The number of ether oxygens (including phenoxy) is 1. The second kappa shape index (κ2) is 8.54. The molecule has 1 heterocycles. The molecule has 0 unspecified atom stereocenters. The average Bonchev–Trinajstić information content (AvgIpc) is 2.62. The van der Waals surface area contributed by atoms with E-state index in [4.69, 9.17) is 26.6 Å². The monoisotopic (exact) mass is 362 g/mol. The normalized spacial score (nSPS) is 12.7. The number of benzene rings is 2. The van der Waals surface area contributed by atoms with E-state index < -0.39 is 0 Å². The van der Waals surface area contributed by atoms with Crippen molar-refractivity contribution < 1.29 is 14.9 Å². The van der Waals surface area contributed by atoms with Crippen LogP contribution in [0.3, 0.4) is 0 Å². The topological polar surface area (TPSA) is 56.2 Å². The molecule has 25 heavy (non-hydrogen) atoms. The van der Waals surface area contributed by atoms with Crippen LogP contribution < -0.4 is 9.64 Å². The maximum absolute atomic E-state index is 9.14. The van der Waals surface area contributed by atoms with E-state index in [2.05, 4.69) is 9.80 Å². The Bertz CT molecular complexity index is 705. The van der Waals surface area contributed by atoms with E-state index in [1.807, 2.05) is 42.5 Å². The number of rotatable bonds is 8. The smallest absolute Gasteiger partial charge is 0.151 e. The van der Waals surface area contributed by atoms with Gasteiger partial charge in [-0.2, -0.15) is 0 Å². The number of aliphatic hydroxyl groups excluding tert-OH is 2. The van der Waals surface area contributed by atoms with E-state index >= 15 is 0 Å². The van der Waals surface area contributed by atoms with Crippen LogP contribution in [0.5, 0.6) is 11.5 Å². The van der Waals surface area contributed by atoms with Crippen LogP contribution in [0, 0.1) is 0 Å². The van der Waals surface area contributed by atoms with Crippen molar-refractivity contribution in [1.29, 1.82) is 0 Å². The fraction of sp³-hybridized carbons (Fsp3) is 0.368. The van der Waals surface area contributed by atoms with E-state index in [1.165, 1.54) is 0 Å². The Balaban J connectivity index is 1.77. The maximum atomic E-state index is 9.14. The molecule has 1 aliphatic rings. The van der Waals surface area contributed by atoms with Crippen molar-refractivity contribution in [3.63, 3.8) is 0 Å². The largest absolute Gasteiger partial charge is 0.453 e. The summed E-state index contributed by atoms with van der Waals surface area (Å²) in [7, 11) is 0. The van der Waals surface area contributed by atoms with E-state index in [1.54, 1.807) is 0 Å². The fourth-order valence-electron chi connectivity index (χ4n) is 3.11. The molecule has 0 bridgehead atoms. The van der Waals surface area contributed by atoms with Crippen molar-refractivity contribution in [3.05, 3.63) is 47.5 Å². The first-order valence-corrected chi connectivity index (χ1v) is 8.89. The lowest BCUT2D eigenvalue weighted by atomic mass is 10.1. The molecule has 2 N–H and O–H groups in total. The summed E-state index contributed by atoms with van der Waals surface area (Å²) in [6, 6.07) is 13.6. The molecule has 134 valence electrons. The highest BCUT2D eigenvalue weighted by molar-refractivity contribution is 6.31. The van der Waals surface area contributed by atoms with Gasteiger partial charge in [-0.15, -0.1) is 0 Å². The minimum absolute atomic E-state index is 0.0961. The van der Waals surface area contributed by atoms with Crippen LogP contribution >= 0.6 is 11.6 Å². The van der Waals surface area contributed by atoms with E-state index in [-0.39, 0.29) is 13.2 Å². The predicted molar refractivity (Wildman–Crippen MR) is 100 cm³/mol. The van der Waals surface area contributed by atoms with Crippen LogP contribution in [-0.4, -0.2) is 54.5 Å². The zero-order valence-corrected chi connectivity index (χ0v) is 14.8. The Kier molecular flexibility index (Phi) is 6.15. The third-order valence-corrected chi connectivity index (χ3v) is 4.51. The van der Waals surface area contributed by atoms with Gasteiger partial charge in [-0.25, -0.2) is 0 Å². The van der Waals surface area contributed by atoms with Gasteiger partial charge in [0, 0.05) is 31.2 Å². The van der Waals surface area contributed by atoms with Crippen LogP contribution in [0.2, 0.25) is 5.02 Å². The highest BCUT2D eigenvalue weighted by Gasteiger charge is 2.24. The number of para-hydroxylation sites is 2. The van der Waals surface area contributed by atoms with Crippen molar-refractivity contribution in [3.8, 4) is 11.5 Å². The summed E-state index contributed by atoms with van der Waals surface area (Å²) in [5.74, 6) is 1.63. The van der Waals surface area contributed by atoms with Gasteiger partial charge in [0.1, 0.15) is 0 Å². The van der Waals surface area contributed by atoms with E-state index in [0.717, 1.165) is 42.4 Å². The lowest BCUT2D eigenvalue weighted by Crippen LogP contribution is -2.33. The molecule has 0 atom stereocenters. The Morgan fingerprint density at radius 1 is 0.920 bits per heavy atom. The molecule has 6 heteroatoms. The Labute approximate surface area is 153 Å². The van der Waals surface area contributed by atoms with Crippen LogP contribution in [0.25, 0.3) is 0 Å². The first kappa shape index (κ1) is 18.0. The van der Waals surface area contributed by atoms with E-state index in [9.17, 15) is 0 Å². The maximum Gasteiger partial charge on any atom is 0.151 e. The van der Waals surface area contributed by atoms with Gasteiger partial charge in [0.25, 0.3) is 0 Å². The summed E-state index contributed by atoms with van der Waals surface area (Å²) < 4.78 is 5.99. The molecule has 0 radical (unpaired) electrons. The summed E-state index contributed by atoms with van der Waals surface area (Å²) in [6.45, 7) is 2.93. The predicted octanol–water partition coefficient (Wildman–Crippen LogP) is 3.26. The molecule has 0 aliphatic carbocycles. The first-order chi connectivity index (χ1) is 12.2. The quantitative estimate of drug-likeness (QED) is 0.755. The lowest BCUT2D eigenvalue weighted by Gasteiger charge is -2.33. The second-order valence-electron chi connectivity index (χ2n) is 5.98. The third-order valence-electron chi connectivity index (χ3n) is 4.28. The van der Waals surface area contributed by atoms with Gasteiger partial charge in [0.15, 0.2) is 11.5 Å². The standard InChI is InChI=1S/C19H23ClN2O3/c20-15-6-7-19-17(14-15)22(16-4-1-2-5-18(16)25-19)9-3-8-21(10-12-23)11-13-24/h1-2,4-7,14,23-24H,3,8-13H2. The molecule has 0 aromatic heterocycles. The summed E-state index contributed by atoms with van der Waals surface area (Å²) >= 11 is 6.19. The molecule has 0 fully saturated rings. The second-order valence-corrected chi connectivity index (χ2v) is 6.41. The van der Waals surface area contributed by atoms with Crippen molar-refractivity contribution >= 4 is 23.0 Å². The number of anilines is 2. The molecule has 2 aromatic carbocycles. The zero-order chi connectivity index (χ0) is 17.6. The van der Waals surface area contributed by atoms with Crippen LogP contribution in [-0.2, 0) is 0 Å². The van der Waals surface area contributed by atoms with Crippen LogP contribution in [0.1, 0.15) is 6.42 Å². The van der Waals surface area contributed by atoms with Crippen molar-refractivity contribution in [2.75, 3.05) is 44.3 Å². The highest BCUT2D eigenvalue weighted by atomic mass is 35.5. The minimum atomic E-state index is 0.0961. The molecule has 1 aliphatic heterocycles. The first-order valence-electron chi connectivity index (χ1n) is 8.51. The number of aliphatic hydroxyl groups is 2. The van der Waals surface area contributed by atoms with Gasteiger partial charge in [-0.05, 0) is 36.8 Å². The average molecular weight is 363 g/mol. The molecule has 3 rings (SSSR count). The molecule has 2 aromatic rings. The van der Waals surface area contributed by atoms with Gasteiger partial charge in [-0.3, -0.25) is 4.90 Å². The van der Waals surface area contributed by atoms with Crippen LogP contribution in [0.15, 0.2) is 42.5 Å². The molecule has 0 spiro atoms. The van der Waals surface area contributed by atoms with Crippen molar-refractivity contribution in [2.24, 2.45) is 0 Å². The van der Waals surface area contributed by atoms with Gasteiger partial charge in [-0.1, -0.05) is 23.7 Å². The minimum Gasteiger partial charge on any atom is -0.453 e. The van der Waals surface area contributed by atoms with Gasteiger partial charge in [0.2, 0.25) is 0 Å². The van der Waals surface area contributed by atoms with Crippen molar-refractivity contribution in [2.45, 2.75) is 6.42 Å². The van der Waals surface area contributed by atoms with Crippen LogP contribution in [0.4, 0.5) is 11.4 Å². The summed E-state index contributed by atoms with van der Waals surface area (Å²) in [5.41, 5.74) is 1.98. The third kappa shape index (κ3) is 4.25. The molecular formula is C19H23ClN2O3. The number of halogens is 1. The molecule has 0 saturated carbocycles. The van der Waals surface area contributed by atoms with Gasteiger partial charge < -0.3 is 19.8 Å². The Morgan fingerprint density at radius 2 is 1.64 bits per heavy atom. The lowest BCUT2D eigenvalue weighted by molar-refractivity contribution is 0.160. The Morgan fingerprint density at radius 3 is 2.40 bits per heavy atom. The molecule has 5 nitrogen and oxygen atoms in total. The summed E-state index contributed by atoms with van der Waals surface area (Å²) in [5, 5.41) is 18.9. The van der Waals surface area contributed by atoms with Gasteiger partial charge >= 0.3 is 0 Å². The number of hydrogen-bond donors (Lipinski definition) is 2. The number of fused-ring (bicyclic) bond motifs is 2. The number of hydrogen-bond acceptors (Lipinski definition) is 5. The SMILES string of the molecule is OCCN(CCO)CCCN1c2ccccc2Oc2ccc(Cl)cc21. The summed E-state index contributed by atoms with van der Waals surface area (Å²) in [4.78, 5) is 4.28. The zero-order valence-electron chi connectivity index (χ0n) is 14.1. The summed E-state index contributed by atoms with van der Waals surface area (Å²) in [6.07, 6.45) is 0.889. The molecule has 0 amide bonds. The van der Waals surface area contributed by atoms with E-state index in [0.29, 0.717) is 18.1 Å². The van der Waals surface area contributed by atoms with Crippen molar-refractivity contribution in [1.82, 2.24) is 4.90 Å². The van der Waals surface area contributed by atoms with Gasteiger partial charge in [0.05, 0.1) is 24.6 Å². The number of nitrogens with zero attached hydrogens (tertiary/aromatic N) is 2.